The van der Waals surface area contributed by atoms with Gasteiger partial charge in [-0.15, -0.1) is 0 Å². The molecule has 2 aliphatic heterocycles. The van der Waals surface area contributed by atoms with E-state index in [0.29, 0.717) is 6.04 Å². The van der Waals surface area contributed by atoms with Gasteiger partial charge in [0.05, 0.1) is 0 Å². The molecule has 0 radical (unpaired) electrons. The largest absolute Gasteiger partial charge is 0.298 e. The number of hydrogen-bond donors (Lipinski definition) is 0. The summed E-state index contributed by atoms with van der Waals surface area (Å²) in [6.45, 7) is 8.47. The molecule has 0 aliphatic carbocycles. The number of fused-ring (bicyclic) bond motifs is 2. The predicted molar refractivity (Wildman–Crippen MR) is 80.4 cm³/mol. The molecular weight excluding hydrogens is 232 g/mol. The van der Waals surface area contributed by atoms with Crippen LogP contribution in [0.25, 0.3) is 0 Å². The van der Waals surface area contributed by atoms with E-state index < -0.39 is 0 Å². The minimum atomic E-state index is 0.708. The molecule has 2 fully saturated rings. The number of piperazine rings is 1. The zero-order valence-electron chi connectivity index (χ0n) is 12.3. The Balaban J connectivity index is 1.58. The Labute approximate surface area is 117 Å². The van der Waals surface area contributed by atoms with Gasteiger partial charge in [0.25, 0.3) is 0 Å². The molecule has 2 atom stereocenters. The predicted octanol–water partition coefficient (Wildman–Crippen LogP) is 2.79. The van der Waals surface area contributed by atoms with E-state index >= 15 is 0 Å². The monoisotopic (exact) mass is 258 g/mol. The van der Waals surface area contributed by atoms with Crippen molar-refractivity contribution < 1.29 is 0 Å². The van der Waals surface area contributed by atoms with E-state index in [1.54, 1.807) is 0 Å². The van der Waals surface area contributed by atoms with Gasteiger partial charge in [0.1, 0.15) is 0 Å². The second-order valence-corrected chi connectivity index (χ2v) is 6.41. The van der Waals surface area contributed by atoms with Crippen molar-refractivity contribution in [3.8, 4) is 0 Å². The molecule has 3 rings (SSSR count). The van der Waals surface area contributed by atoms with Gasteiger partial charge in [0, 0.05) is 37.8 Å². The average Bonchev–Trinajstić information content (AvgIpc) is 2.66. The van der Waals surface area contributed by atoms with E-state index in [1.807, 2.05) is 0 Å². The zero-order valence-corrected chi connectivity index (χ0v) is 12.3. The van der Waals surface area contributed by atoms with Crippen molar-refractivity contribution in [3.63, 3.8) is 0 Å². The van der Waals surface area contributed by atoms with Gasteiger partial charge in [-0.3, -0.25) is 9.80 Å². The van der Waals surface area contributed by atoms with Gasteiger partial charge in [-0.2, -0.15) is 0 Å². The number of benzene rings is 1. The van der Waals surface area contributed by atoms with Crippen molar-refractivity contribution in [2.45, 2.75) is 51.2 Å². The van der Waals surface area contributed by atoms with Crippen LogP contribution in [0.15, 0.2) is 30.3 Å². The molecule has 1 aromatic rings. The molecule has 2 heteroatoms. The summed E-state index contributed by atoms with van der Waals surface area (Å²) in [6.07, 6.45) is 4.01. The molecule has 2 bridgehead atoms. The summed E-state index contributed by atoms with van der Waals surface area (Å²) in [6, 6.07) is 13.3. The highest BCUT2D eigenvalue weighted by Gasteiger charge is 2.39. The topological polar surface area (TPSA) is 6.48 Å². The Bertz CT molecular complexity index is 387. The van der Waals surface area contributed by atoms with Crippen molar-refractivity contribution in [2.75, 3.05) is 19.6 Å². The van der Waals surface area contributed by atoms with E-state index in [9.17, 15) is 0 Å². The number of likely N-dealkylation sites (tertiary alicyclic amines) is 1. The van der Waals surface area contributed by atoms with Crippen molar-refractivity contribution in [1.82, 2.24) is 9.80 Å². The molecule has 104 valence electrons. The Morgan fingerprint density at radius 3 is 2.26 bits per heavy atom. The molecule has 0 amide bonds. The number of nitrogens with zero attached hydrogens (tertiary/aromatic N) is 2. The van der Waals surface area contributed by atoms with Crippen LogP contribution in [0.2, 0.25) is 0 Å². The first-order valence-corrected chi connectivity index (χ1v) is 7.78. The first kappa shape index (κ1) is 13.1. The lowest BCUT2D eigenvalue weighted by Gasteiger charge is -2.42. The quantitative estimate of drug-likeness (QED) is 0.819. The zero-order chi connectivity index (χ0) is 13.2. The Kier molecular flexibility index (Phi) is 3.90. The molecule has 2 unspecified atom stereocenters. The van der Waals surface area contributed by atoms with E-state index in [0.717, 1.165) is 12.1 Å². The Hall–Kier alpha value is -0.860. The van der Waals surface area contributed by atoms with E-state index in [-0.39, 0.29) is 0 Å². The lowest BCUT2D eigenvalue weighted by Crippen LogP contribution is -2.55. The molecule has 0 saturated carbocycles. The third-order valence-corrected chi connectivity index (χ3v) is 4.89. The van der Waals surface area contributed by atoms with Crippen LogP contribution in [0.4, 0.5) is 0 Å². The van der Waals surface area contributed by atoms with Crippen LogP contribution < -0.4 is 0 Å². The van der Waals surface area contributed by atoms with Crippen molar-refractivity contribution in [2.24, 2.45) is 0 Å². The van der Waals surface area contributed by atoms with E-state index in [4.69, 9.17) is 0 Å². The fraction of sp³-hybridized carbons (Fsp3) is 0.647. The van der Waals surface area contributed by atoms with Crippen LogP contribution in [-0.2, 0) is 6.42 Å². The van der Waals surface area contributed by atoms with Crippen molar-refractivity contribution in [1.29, 1.82) is 0 Å². The molecule has 2 saturated heterocycles. The summed E-state index contributed by atoms with van der Waals surface area (Å²) in [5, 5.41) is 0. The van der Waals surface area contributed by atoms with Crippen molar-refractivity contribution >= 4 is 0 Å². The number of hydrogen-bond acceptors (Lipinski definition) is 2. The van der Waals surface area contributed by atoms with Gasteiger partial charge in [-0.1, -0.05) is 30.3 Å². The van der Waals surface area contributed by atoms with Crippen LogP contribution in [0, 0.1) is 0 Å². The molecule has 19 heavy (non-hydrogen) atoms. The molecule has 2 aliphatic rings. The summed E-state index contributed by atoms with van der Waals surface area (Å²) < 4.78 is 0. The van der Waals surface area contributed by atoms with Crippen LogP contribution in [-0.4, -0.2) is 47.6 Å². The summed E-state index contributed by atoms with van der Waals surface area (Å²) in [5.74, 6) is 0. The lowest BCUT2D eigenvalue weighted by atomic mass is 10.1. The summed E-state index contributed by atoms with van der Waals surface area (Å²) in [7, 11) is 0. The maximum atomic E-state index is 2.78. The SMILES string of the molecule is CC(C)N1CC2CCC(C1)N2CCc1ccccc1. The lowest BCUT2D eigenvalue weighted by molar-refractivity contribution is 0.0504. The first-order valence-electron chi connectivity index (χ1n) is 7.78. The fourth-order valence-corrected chi connectivity index (χ4v) is 3.71. The van der Waals surface area contributed by atoms with Gasteiger partial charge in [-0.05, 0) is 38.7 Å². The smallest absolute Gasteiger partial charge is 0.0227 e. The molecule has 2 heterocycles. The second-order valence-electron chi connectivity index (χ2n) is 6.41. The standard InChI is InChI=1S/C17H26N2/c1-14(2)18-12-16-8-9-17(13-18)19(16)11-10-15-6-4-3-5-7-15/h3-7,14,16-17H,8-13H2,1-2H3. The van der Waals surface area contributed by atoms with Gasteiger partial charge >= 0.3 is 0 Å². The van der Waals surface area contributed by atoms with Gasteiger partial charge in [-0.25, -0.2) is 0 Å². The normalized spacial score (nSPS) is 28.2. The van der Waals surface area contributed by atoms with Crippen LogP contribution in [0.5, 0.6) is 0 Å². The van der Waals surface area contributed by atoms with Crippen LogP contribution in [0.3, 0.4) is 0 Å². The third-order valence-electron chi connectivity index (χ3n) is 4.89. The van der Waals surface area contributed by atoms with Gasteiger partial charge < -0.3 is 0 Å². The molecular formula is C17H26N2. The maximum Gasteiger partial charge on any atom is 0.0227 e. The molecule has 1 aromatic carbocycles. The summed E-state index contributed by atoms with van der Waals surface area (Å²) >= 11 is 0. The van der Waals surface area contributed by atoms with Crippen LogP contribution in [0.1, 0.15) is 32.3 Å². The van der Waals surface area contributed by atoms with E-state index in [2.05, 4.69) is 54.0 Å². The average molecular weight is 258 g/mol. The fourth-order valence-electron chi connectivity index (χ4n) is 3.71. The molecule has 0 spiro atoms. The highest BCUT2D eigenvalue weighted by atomic mass is 15.3. The van der Waals surface area contributed by atoms with Gasteiger partial charge in [0.2, 0.25) is 0 Å². The minimum absolute atomic E-state index is 0.708. The first-order chi connectivity index (χ1) is 9.24. The highest BCUT2D eigenvalue weighted by molar-refractivity contribution is 5.15. The Morgan fingerprint density at radius 1 is 1.05 bits per heavy atom. The second kappa shape index (κ2) is 5.64. The maximum absolute atomic E-state index is 2.78. The van der Waals surface area contributed by atoms with Gasteiger partial charge in [0.15, 0.2) is 0 Å². The number of rotatable bonds is 4. The molecule has 0 N–H and O–H groups in total. The van der Waals surface area contributed by atoms with Crippen LogP contribution >= 0.6 is 0 Å². The van der Waals surface area contributed by atoms with E-state index in [1.165, 1.54) is 44.5 Å². The molecule has 0 aromatic heterocycles. The van der Waals surface area contributed by atoms with Crippen molar-refractivity contribution in [3.05, 3.63) is 35.9 Å². The highest BCUT2D eigenvalue weighted by Crippen LogP contribution is 2.30. The Morgan fingerprint density at radius 2 is 1.68 bits per heavy atom. The summed E-state index contributed by atoms with van der Waals surface area (Å²) in [5.41, 5.74) is 1.48. The third kappa shape index (κ3) is 2.85. The molecule has 2 nitrogen and oxygen atoms in total. The minimum Gasteiger partial charge on any atom is -0.298 e. The summed E-state index contributed by atoms with van der Waals surface area (Å²) in [4.78, 5) is 5.45.